The molecule has 1 aliphatic rings. The lowest BCUT2D eigenvalue weighted by Gasteiger charge is -2.31. The third-order valence-electron chi connectivity index (χ3n) is 4.26. The first-order valence-electron chi connectivity index (χ1n) is 8.24. The zero-order valence-corrected chi connectivity index (χ0v) is 14.4. The van der Waals surface area contributed by atoms with E-state index in [9.17, 15) is 4.79 Å². The first-order chi connectivity index (χ1) is 11.6. The molecule has 0 unspecified atom stereocenters. The van der Waals surface area contributed by atoms with Crippen molar-refractivity contribution in [2.24, 2.45) is 0 Å². The van der Waals surface area contributed by atoms with Gasteiger partial charge in [-0.3, -0.25) is 19.5 Å². The van der Waals surface area contributed by atoms with Crippen LogP contribution in [0.5, 0.6) is 0 Å². The summed E-state index contributed by atoms with van der Waals surface area (Å²) in [4.78, 5) is 14.4. The van der Waals surface area contributed by atoms with Gasteiger partial charge in [-0.2, -0.15) is 10.2 Å². The van der Waals surface area contributed by atoms with Gasteiger partial charge in [0.25, 0.3) is 0 Å². The Hall–Kier alpha value is -2.19. The van der Waals surface area contributed by atoms with Crippen LogP contribution in [-0.4, -0.2) is 57.0 Å². The van der Waals surface area contributed by atoms with E-state index in [2.05, 4.69) is 32.4 Å². The van der Waals surface area contributed by atoms with Crippen LogP contribution >= 0.6 is 0 Å². The summed E-state index contributed by atoms with van der Waals surface area (Å²) in [6.07, 6.45) is 3.81. The Morgan fingerprint density at radius 1 is 1.50 bits per heavy atom. The Kier molecular flexibility index (Phi) is 4.96. The van der Waals surface area contributed by atoms with Crippen molar-refractivity contribution in [2.45, 2.75) is 33.4 Å². The van der Waals surface area contributed by atoms with Crippen LogP contribution in [0.4, 0.5) is 5.69 Å². The molecule has 0 saturated carbocycles. The fraction of sp³-hybridized carbons (Fsp3) is 0.562. The molecule has 1 saturated heterocycles. The highest BCUT2D eigenvalue weighted by molar-refractivity contribution is 5.93. The summed E-state index contributed by atoms with van der Waals surface area (Å²) < 4.78 is 7.72. The molecule has 8 nitrogen and oxygen atoms in total. The fourth-order valence-electron chi connectivity index (χ4n) is 2.88. The Bertz CT molecular complexity index is 688. The molecule has 24 heavy (non-hydrogen) atoms. The maximum Gasteiger partial charge on any atom is 0.238 e. The van der Waals surface area contributed by atoms with Crippen LogP contribution in [0.1, 0.15) is 30.0 Å². The third kappa shape index (κ3) is 3.65. The first kappa shape index (κ1) is 16.7. The quantitative estimate of drug-likeness (QED) is 0.860. The highest BCUT2D eigenvalue weighted by Gasteiger charge is 2.25. The van der Waals surface area contributed by atoms with Gasteiger partial charge in [-0.25, -0.2) is 0 Å². The maximum atomic E-state index is 12.3. The summed E-state index contributed by atoms with van der Waals surface area (Å²) in [6, 6.07) is 0. The van der Waals surface area contributed by atoms with Crippen LogP contribution in [0.15, 0.2) is 12.4 Å². The lowest BCUT2D eigenvalue weighted by atomic mass is 10.1. The number of H-pyrrole nitrogens is 1. The van der Waals surface area contributed by atoms with Crippen molar-refractivity contribution in [2.75, 3.05) is 31.6 Å². The van der Waals surface area contributed by atoms with Crippen LogP contribution in [0, 0.1) is 13.8 Å². The van der Waals surface area contributed by atoms with Gasteiger partial charge >= 0.3 is 0 Å². The molecule has 2 aromatic heterocycles. The topological polar surface area (TPSA) is 88.1 Å². The molecule has 1 atom stereocenters. The molecule has 130 valence electrons. The van der Waals surface area contributed by atoms with Gasteiger partial charge in [-0.05, 0) is 20.8 Å². The van der Waals surface area contributed by atoms with Gasteiger partial charge in [-0.15, -0.1) is 0 Å². The Labute approximate surface area is 141 Å². The van der Waals surface area contributed by atoms with Crippen LogP contribution in [0.25, 0.3) is 0 Å². The number of hydrogen-bond acceptors (Lipinski definition) is 5. The van der Waals surface area contributed by atoms with E-state index in [0.29, 0.717) is 19.7 Å². The second-order valence-corrected chi connectivity index (χ2v) is 6.08. The van der Waals surface area contributed by atoms with Gasteiger partial charge in [-0.1, -0.05) is 0 Å². The minimum absolute atomic E-state index is 0.0347. The molecule has 0 aromatic carbocycles. The van der Waals surface area contributed by atoms with Crippen molar-refractivity contribution in [1.29, 1.82) is 0 Å². The summed E-state index contributed by atoms with van der Waals surface area (Å²) in [6.45, 7) is 9.03. The lowest BCUT2D eigenvalue weighted by Crippen LogP contribution is -2.42. The monoisotopic (exact) mass is 332 g/mol. The van der Waals surface area contributed by atoms with E-state index in [4.69, 9.17) is 4.74 Å². The number of aromatic amines is 1. The first-order valence-corrected chi connectivity index (χ1v) is 8.24. The standard InChI is InChI=1S/C16H24N6O2/c1-4-22-8-13(7-17-22)14-9-21(5-6-24-14)10-15(23)18-16-11(2)19-20-12(16)3/h7-8,14H,4-6,9-10H2,1-3H3,(H,18,23)(H,19,20)/t14-/m0/s1. The Balaban J connectivity index is 1.58. The summed E-state index contributed by atoms with van der Waals surface area (Å²) in [5.74, 6) is -0.0347. The number of aryl methyl sites for hydroxylation is 3. The smallest absolute Gasteiger partial charge is 0.238 e. The van der Waals surface area contributed by atoms with Gasteiger partial charge in [0, 0.05) is 31.4 Å². The molecule has 0 spiro atoms. The predicted molar refractivity (Wildman–Crippen MR) is 89.7 cm³/mol. The molecule has 3 rings (SSSR count). The van der Waals surface area contributed by atoms with Crippen LogP contribution < -0.4 is 5.32 Å². The van der Waals surface area contributed by atoms with E-state index in [1.54, 1.807) is 0 Å². The highest BCUT2D eigenvalue weighted by Crippen LogP contribution is 2.22. The number of ether oxygens (including phenoxy) is 1. The lowest BCUT2D eigenvalue weighted by molar-refractivity contribution is -0.119. The minimum atomic E-state index is -0.0377. The molecule has 3 heterocycles. The van der Waals surface area contributed by atoms with Gasteiger partial charge in [0.2, 0.25) is 5.91 Å². The van der Waals surface area contributed by atoms with E-state index in [1.807, 2.05) is 30.9 Å². The summed E-state index contributed by atoms with van der Waals surface area (Å²) >= 11 is 0. The van der Waals surface area contributed by atoms with Crippen molar-refractivity contribution >= 4 is 11.6 Å². The van der Waals surface area contributed by atoms with Crippen LogP contribution in [-0.2, 0) is 16.1 Å². The van der Waals surface area contributed by atoms with Crippen molar-refractivity contribution < 1.29 is 9.53 Å². The molecule has 1 amide bonds. The molecule has 1 fully saturated rings. The number of amides is 1. The zero-order valence-electron chi connectivity index (χ0n) is 14.4. The predicted octanol–water partition coefficient (Wildman–Crippen LogP) is 1.25. The summed E-state index contributed by atoms with van der Waals surface area (Å²) in [5, 5.41) is 14.2. The van der Waals surface area contributed by atoms with Gasteiger partial charge in [0.15, 0.2) is 0 Å². The Morgan fingerprint density at radius 3 is 3.00 bits per heavy atom. The number of carbonyl (C=O) groups excluding carboxylic acids is 1. The van der Waals surface area contributed by atoms with E-state index in [-0.39, 0.29) is 12.0 Å². The fourth-order valence-corrected chi connectivity index (χ4v) is 2.88. The Morgan fingerprint density at radius 2 is 2.33 bits per heavy atom. The molecule has 0 aliphatic carbocycles. The van der Waals surface area contributed by atoms with Crippen LogP contribution in [0.3, 0.4) is 0 Å². The number of nitrogens with one attached hydrogen (secondary N) is 2. The normalized spacial score (nSPS) is 18.7. The van der Waals surface area contributed by atoms with Crippen LogP contribution in [0.2, 0.25) is 0 Å². The average molecular weight is 332 g/mol. The van der Waals surface area contributed by atoms with Crippen molar-refractivity contribution in [3.8, 4) is 0 Å². The number of hydrogen-bond donors (Lipinski definition) is 2. The zero-order chi connectivity index (χ0) is 17.1. The van der Waals surface area contributed by atoms with E-state index in [1.165, 1.54) is 0 Å². The second-order valence-electron chi connectivity index (χ2n) is 6.08. The number of anilines is 1. The van der Waals surface area contributed by atoms with Gasteiger partial charge < -0.3 is 10.1 Å². The minimum Gasteiger partial charge on any atom is -0.371 e. The molecular formula is C16H24N6O2. The molecule has 8 heteroatoms. The van der Waals surface area contributed by atoms with Gasteiger partial charge in [0.05, 0.1) is 42.5 Å². The highest BCUT2D eigenvalue weighted by atomic mass is 16.5. The molecule has 1 aliphatic heterocycles. The second kappa shape index (κ2) is 7.14. The maximum absolute atomic E-state index is 12.3. The SMILES string of the molecule is CCn1cc([C@@H]2CN(CC(=O)Nc3c(C)n[nH]c3C)CCO2)cn1. The number of morpholine rings is 1. The van der Waals surface area contributed by atoms with Crippen molar-refractivity contribution in [3.63, 3.8) is 0 Å². The van der Waals surface area contributed by atoms with E-state index < -0.39 is 0 Å². The summed E-state index contributed by atoms with van der Waals surface area (Å²) in [5.41, 5.74) is 3.50. The molecule has 0 bridgehead atoms. The third-order valence-corrected chi connectivity index (χ3v) is 4.26. The number of carbonyl (C=O) groups is 1. The molecule has 2 N–H and O–H groups in total. The largest absolute Gasteiger partial charge is 0.371 e. The van der Waals surface area contributed by atoms with E-state index >= 15 is 0 Å². The number of rotatable bonds is 5. The summed E-state index contributed by atoms with van der Waals surface area (Å²) in [7, 11) is 0. The molecular weight excluding hydrogens is 308 g/mol. The average Bonchev–Trinajstić information content (AvgIpc) is 3.17. The number of aromatic nitrogens is 4. The van der Waals surface area contributed by atoms with Crippen molar-refractivity contribution in [1.82, 2.24) is 24.9 Å². The molecule has 2 aromatic rings. The van der Waals surface area contributed by atoms with E-state index in [0.717, 1.165) is 35.7 Å². The van der Waals surface area contributed by atoms with Gasteiger partial charge in [0.1, 0.15) is 0 Å². The molecule has 0 radical (unpaired) electrons. The number of nitrogens with zero attached hydrogens (tertiary/aromatic N) is 4. The van der Waals surface area contributed by atoms with Crippen molar-refractivity contribution in [3.05, 3.63) is 29.3 Å².